The first-order chi connectivity index (χ1) is 4.27. The average molecular weight is 202 g/mol. The molecule has 0 fully saturated rings. The molecule has 0 aromatic carbocycles. The van der Waals surface area contributed by atoms with Gasteiger partial charge in [-0.3, -0.25) is 0 Å². The predicted octanol–water partition coefficient (Wildman–Crippen LogP) is -0.971. The van der Waals surface area contributed by atoms with Gasteiger partial charge in [0, 0.05) is 4.38 Å². The Labute approximate surface area is 116 Å². The van der Waals surface area contributed by atoms with Crippen LogP contribution in [0.4, 0.5) is 0 Å². The van der Waals surface area contributed by atoms with Crippen molar-refractivity contribution in [2.45, 2.75) is 26.2 Å². The van der Waals surface area contributed by atoms with Gasteiger partial charge in [0.1, 0.15) is 0 Å². The van der Waals surface area contributed by atoms with Crippen LogP contribution in [0.3, 0.4) is 0 Å². The third-order valence-electron chi connectivity index (χ3n) is 0.968. The van der Waals surface area contributed by atoms with Crippen molar-refractivity contribution in [2.24, 2.45) is 0 Å². The minimum absolute atomic E-state index is 0. The molecule has 0 atom stereocenters. The van der Waals surface area contributed by atoms with Crippen LogP contribution in [0.15, 0.2) is 0 Å². The molecule has 4 heteroatoms. The van der Waals surface area contributed by atoms with Crippen molar-refractivity contribution in [2.75, 3.05) is 6.61 Å². The smallest absolute Gasteiger partial charge is 0.514 e. The van der Waals surface area contributed by atoms with Crippen molar-refractivity contribution in [1.82, 2.24) is 0 Å². The molecule has 10 heavy (non-hydrogen) atoms. The zero-order valence-corrected chi connectivity index (χ0v) is 11.3. The molecule has 0 heterocycles. The SMILES string of the molecule is CCCCCOC(=S)[S-].[K+]. The van der Waals surface area contributed by atoms with Gasteiger partial charge >= 0.3 is 51.4 Å². The maximum Gasteiger partial charge on any atom is 1.00 e. The van der Waals surface area contributed by atoms with E-state index in [0.717, 1.165) is 6.42 Å². The summed E-state index contributed by atoms with van der Waals surface area (Å²) in [4.78, 5) is 0. The molecule has 0 amide bonds. The van der Waals surface area contributed by atoms with Crippen molar-refractivity contribution in [3.63, 3.8) is 0 Å². The van der Waals surface area contributed by atoms with Gasteiger partial charge in [0.25, 0.3) is 0 Å². The van der Waals surface area contributed by atoms with Crippen LogP contribution >= 0.6 is 12.2 Å². The zero-order valence-electron chi connectivity index (χ0n) is 6.55. The van der Waals surface area contributed by atoms with Gasteiger partial charge in [-0.15, -0.1) is 0 Å². The molecule has 0 radical (unpaired) electrons. The second-order valence-electron chi connectivity index (χ2n) is 1.81. The van der Waals surface area contributed by atoms with Crippen molar-refractivity contribution in [3.8, 4) is 0 Å². The van der Waals surface area contributed by atoms with Crippen LogP contribution in [0, 0.1) is 0 Å². The standard InChI is InChI=1S/C6H12OS2.K/c1-2-3-4-5-7-6(8)9;/h2-5H2,1H3,(H,8,9);/q;+1/p-1. The fourth-order valence-corrected chi connectivity index (χ4v) is 0.674. The van der Waals surface area contributed by atoms with Gasteiger partial charge in [0.05, 0.1) is 6.61 Å². The van der Waals surface area contributed by atoms with E-state index in [1.54, 1.807) is 0 Å². The van der Waals surface area contributed by atoms with Crippen molar-refractivity contribution in [1.29, 1.82) is 0 Å². The van der Waals surface area contributed by atoms with E-state index in [4.69, 9.17) is 4.74 Å². The van der Waals surface area contributed by atoms with E-state index in [2.05, 4.69) is 31.8 Å². The molecule has 0 aliphatic rings. The largest absolute Gasteiger partial charge is 1.00 e. The number of thiocarbonyl (C=S) groups is 1. The zero-order chi connectivity index (χ0) is 7.11. The Hall–Kier alpha value is 1.75. The Morgan fingerprint density at radius 3 is 2.50 bits per heavy atom. The third kappa shape index (κ3) is 12.4. The van der Waals surface area contributed by atoms with Crippen LogP contribution in [0.1, 0.15) is 26.2 Å². The molecular formula is C6H11KOS2. The number of ether oxygens (including phenoxy) is 1. The van der Waals surface area contributed by atoms with Gasteiger partial charge in [-0.1, -0.05) is 19.8 Å². The van der Waals surface area contributed by atoms with Crippen LogP contribution in [0.25, 0.3) is 0 Å². The van der Waals surface area contributed by atoms with E-state index < -0.39 is 0 Å². The molecule has 0 aromatic rings. The van der Waals surface area contributed by atoms with Crippen LogP contribution in [-0.4, -0.2) is 11.0 Å². The van der Waals surface area contributed by atoms with Crippen LogP contribution in [0.5, 0.6) is 0 Å². The van der Waals surface area contributed by atoms with Gasteiger partial charge in [-0.05, 0) is 6.42 Å². The fourth-order valence-electron chi connectivity index (χ4n) is 0.508. The van der Waals surface area contributed by atoms with Crippen molar-refractivity contribution >= 4 is 29.2 Å². The summed E-state index contributed by atoms with van der Waals surface area (Å²) in [6.07, 6.45) is 3.46. The van der Waals surface area contributed by atoms with Crippen molar-refractivity contribution < 1.29 is 56.1 Å². The molecule has 0 aromatic heterocycles. The van der Waals surface area contributed by atoms with Crippen molar-refractivity contribution in [3.05, 3.63) is 0 Å². The monoisotopic (exact) mass is 202 g/mol. The summed E-state index contributed by atoms with van der Waals surface area (Å²) in [5, 5.41) is 0. The summed E-state index contributed by atoms with van der Waals surface area (Å²) < 4.78 is 5.13. The molecule has 0 unspecified atom stereocenters. The van der Waals surface area contributed by atoms with Gasteiger partial charge in [-0.25, -0.2) is 0 Å². The Morgan fingerprint density at radius 1 is 1.50 bits per heavy atom. The van der Waals surface area contributed by atoms with E-state index >= 15 is 0 Å². The first kappa shape index (κ1) is 14.3. The van der Waals surface area contributed by atoms with E-state index in [-0.39, 0.29) is 55.8 Å². The number of rotatable bonds is 4. The summed E-state index contributed by atoms with van der Waals surface area (Å²) in [5.74, 6) is 0. The third-order valence-corrected chi connectivity index (χ3v) is 1.20. The second kappa shape index (κ2) is 10.7. The number of hydrogen-bond acceptors (Lipinski definition) is 3. The van der Waals surface area contributed by atoms with Crippen LogP contribution < -0.4 is 51.4 Å². The van der Waals surface area contributed by atoms with Gasteiger partial charge in [0.15, 0.2) is 0 Å². The predicted molar refractivity (Wildman–Crippen MR) is 45.4 cm³/mol. The Morgan fingerprint density at radius 2 is 2.10 bits per heavy atom. The molecule has 0 spiro atoms. The van der Waals surface area contributed by atoms with E-state index in [1.807, 2.05) is 0 Å². The number of unbranched alkanes of at least 4 members (excludes halogenated alkanes) is 2. The first-order valence-corrected chi connectivity index (χ1v) is 3.92. The topological polar surface area (TPSA) is 9.23 Å². The molecule has 54 valence electrons. The average Bonchev–Trinajstić information content (AvgIpc) is 1.80. The Balaban J connectivity index is 0. The minimum atomic E-state index is 0. The summed E-state index contributed by atoms with van der Waals surface area (Å²) in [6.45, 7) is 2.84. The van der Waals surface area contributed by atoms with E-state index in [9.17, 15) is 0 Å². The molecule has 0 bridgehead atoms. The maximum atomic E-state index is 4.89. The van der Waals surface area contributed by atoms with Gasteiger partial charge in [-0.2, -0.15) is 0 Å². The first-order valence-electron chi connectivity index (χ1n) is 3.11. The molecule has 1 nitrogen and oxygen atoms in total. The Bertz CT molecular complexity index is 87.8. The summed E-state index contributed by atoms with van der Waals surface area (Å²) >= 11 is 9.08. The molecule has 0 aliphatic carbocycles. The maximum absolute atomic E-state index is 4.89. The molecule has 0 N–H and O–H groups in total. The van der Waals surface area contributed by atoms with Gasteiger partial charge in [0.2, 0.25) is 0 Å². The minimum Gasteiger partial charge on any atom is -0.514 e. The molecular weight excluding hydrogens is 191 g/mol. The van der Waals surface area contributed by atoms with Crippen LogP contribution in [-0.2, 0) is 17.4 Å². The summed E-state index contributed by atoms with van der Waals surface area (Å²) in [6, 6.07) is 0. The normalized spacial score (nSPS) is 8.10. The molecule has 0 saturated heterocycles. The molecule has 0 rings (SSSR count). The van der Waals surface area contributed by atoms with Crippen LogP contribution in [0.2, 0.25) is 0 Å². The fraction of sp³-hybridized carbons (Fsp3) is 0.833. The quantitative estimate of drug-likeness (QED) is 0.251. The van der Waals surface area contributed by atoms with E-state index in [1.165, 1.54) is 12.8 Å². The molecule has 0 aliphatic heterocycles. The van der Waals surface area contributed by atoms with Gasteiger partial charge < -0.3 is 29.6 Å². The Kier molecular flexibility index (Phi) is 15.3. The summed E-state index contributed by atoms with van der Waals surface area (Å²) in [5.41, 5.74) is 0. The number of hydrogen-bond donors (Lipinski definition) is 0. The second-order valence-corrected chi connectivity index (χ2v) is 2.81. The summed E-state index contributed by atoms with van der Waals surface area (Å²) in [7, 11) is 0. The van der Waals surface area contributed by atoms with E-state index in [0.29, 0.717) is 6.61 Å². The molecule has 0 saturated carbocycles.